The first-order valence-corrected chi connectivity index (χ1v) is 18.6. The second-order valence-corrected chi connectivity index (χ2v) is 22.3. The quantitative estimate of drug-likeness (QED) is 0.303. The molecular formula is C28H41ClN2O3Si2. The fourth-order valence-corrected chi connectivity index (χ4v) is 5.57. The van der Waals surface area contributed by atoms with E-state index >= 15 is 0 Å². The number of hydrogen-bond donors (Lipinski definition) is 1. The van der Waals surface area contributed by atoms with Gasteiger partial charge in [0.1, 0.15) is 11.5 Å². The monoisotopic (exact) mass is 544 g/mol. The molecule has 0 aliphatic carbocycles. The third-order valence-corrected chi connectivity index (χ3v) is 16.7. The molecule has 0 aliphatic heterocycles. The number of aliphatic hydroxyl groups excluding tert-OH is 1. The maximum Gasteiger partial charge on any atom is 0.250 e. The van der Waals surface area contributed by atoms with Crippen molar-refractivity contribution in [2.45, 2.75) is 84.4 Å². The molecule has 0 amide bonds. The van der Waals surface area contributed by atoms with E-state index in [9.17, 15) is 5.11 Å². The molecule has 0 unspecified atom stereocenters. The van der Waals surface area contributed by atoms with Gasteiger partial charge in [0.15, 0.2) is 0 Å². The van der Waals surface area contributed by atoms with Crippen molar-refractivity contribution in [2.75, 3.05) is 0 Å². The standard InChI is InChI=1S/C28H41ClN2O3Si2/c1-27(2,3)35(7,8)33-25-18-26(34-36(9,10)28(4,5)6)21(17-20(25)19-32)23-15-16-30-31(23)24-14-12-11-13-22(24)29/h11-18,32H,19H2,1-10H3. The van der Waals surface area contributed by atoms with Crippen LogP contribution in [0.4, 0.5) is 0 Å². The minimum atomic E-state index is -2.21. The van der Waals surface area contributed by atoms with Gasteiger partial charge in [-0.1, -0.05) is 65.3 Å². The Morgan fingerprint density at radius 1 is 0.861 bits per heavy atom. The molecule has 8 heteroatoms. The molecule has 3 rings (SSSR count). The van der Waals surface area contributed by atoms with Crippen LogP contribution in [0.3, 0.4) is 0 Å². The van der Waals surface area contributed by atoms with E-state index in [1.165, 1.54) is 0 Å². The lowest BCUT2D eigenvalue weighted by Crippen LogP contribution is -2.44. The van der Waals surface area contributed by atoms with Gasteiger partial charge in [-0.25, -0.2) is 4.68 Å². The number of nitrogens with zero attached hydrogens (tertiary/aromatic N) is 2. The average molecular weight is 545 g/mol. The fourth-order valence-electron chi connectivity index (χ4n) is 3.29. The van der Waals surface area contributed by atoms with Crippen LogP contribution >= 0.6 is 11.6 Å². The molecule has 0 saturated carbocycles. The molecule has 0 aliphatic rings. The van der Waals surface area contributed by atoms with Crippen molar-refractivity contribution in [3.8, 4) is 28.4 Å². The number of para-hydroxylation sites is 1. The molecule has 0 spiro atoms. The van der Waals surface area contributed by atoms with Crippen LogP contribution in [0, 0.1) is 0 Å². The van der Waals surface area contributed by atoms with Crippen LogP contribution in [0.15, 0.2) is 48.7 Å². The first-order valence-electron chi connectivity index (χ1n) is 12.4. The number of rotatable bonds is 7. The Hall–Kier alpha value is -2.07. The van der Waals surface area contributed by atoms with Crippen LogP contribution in [0.1, 0.15) is 47.1 Å². The van der Waals surface area contributed by atoms with Crippen molar-refractivity contribution in [1.29, 1.82) is 0 Å². The summed E-state index contributed by atoms with van der Waals surface area (Å²) in [5.41, 5.74) is 3.20. The molecule has 1 heterocycles. The van der Waals surface area contributed by atoms with Crippen molar-refractivity contribution in [1.82, 2.24) is 9.78 Å². The van der Waals surface area contributed by atoms with Crippen molar-refractivity contribution < 1.29 is 14.0 Å². The second kappa shape index (κ2) is 10.0. The molecule has 1 aromatic heterocycles. The SMILES string of the molecule is CC(C)(C)[Si](C)(C)Oc1cc(O[Si](C)(C)C(C)(C)C)c(-c2ccnn2-c2ccccc2Cl)cc1CO. The molecule has 196 valence electrons. The molecule has 5 nitrogen and oxygen atoms in total. The molecule has 1 N–H and O–H groups in total. The van der Waals surface area contributed by atoms with E-state index in [0.717, 1.165) is 28.3 Å². The summed E-state index contributed by atoms with van der Waals surface area (Å²) >= 11 is 6.54. The van der Waals surface area contributed by atoms with Gasteiger partial charge < -0.3 is 14.0 Å². The number of aromatic nitrogens is 2. The Kier molecular flexibility index (Phi) is 7.92. The average Bonchev–Trinajstić information content (AvgIpc) is 3.21. The van der Waals surface area contributed by atoms with Gasteiger partial charge in [0.25, 0.3) is 8.32 Å². The molecule has 2 aromatic carbocycles. The van der Waals surface area contributed by atoms with Gasteiger partial charge in [-0.3, -0.25) is 0 Å². The van der Waals surface area contributed by atoms with Gasteiger partial charge in [-0.15, -0.1) is 0 Å². The summed E-state index contributed by atoms with van der Waals surface area (Å²) in [6.45, 7) is 22.0. The van der Waals surface area contributed by atoms with Gasteiger partial charge >= 0.3 is 0 Å². The zero-order chi connectivity index (χ0) is 27.1. The molecule has 0 fully saturated rings. The highest BCUT2D eigenvalue weighted by atomic mass is 35.5. The van der Waals surface area contributed by atoms with E-state index < -0.39 is 16.6 Å². The summed E-state index contributed by atoms with van der Waals surface area (Å²) in [4.78, 5) is 0. The smallest absolute Gasteiger partial charge is 0.250 e. The third-order valence-electron chi connectivity index (χ3n) is 7.67. The van der Waals surface area contributed by atoms with Gasteiger partial charge in [0, 0.05) is 17.2 Å². The van der Waals surface area contributed by atoms with Crippen LogP contribution in [0.25, 0.3) is 16.9 Å². The van der Waals surface area contributed by atoms with Crippen LogP contribution in [0.5, 0.6) is 11.5 Å². The summed E-state index contributed by atoms with van der Waals surface area (Å²) in [5, 5.41) is 15.6. The summed E-state index contributed by atoms with van der Waals surface area (Å²) in [5.74, 6) is 1.42. The highest BCUT2D eigenvalue weighted by Gasteiger charge is 2.41. The van der Waals surface area contributed by atoms with Crippen LogP contribution in [0.2, 0.25) is 41.3 Å². The van der Waals surface area contributed by atoms with Crippen LogP contribution in [-0.4, -0.2) is 31.5 Å². The maximum atomic E-state index is 10.4. The minimum Gasteiger partial charge on any atom is -0.543 e. The van der Waals surface area contributed by atoms with E-state index in [2.05, 4.69) is 72.8 Å². The largest absolute Gasteiger partial charge is 0.543 e. The Morgan fingerprint density at radius 2 is 1.42 bits per heavy atom. The lowest BCUT2D eigenvalue weighted by molar-refractivity contribution is 0.277. The lowest BCUT2D eigenvalue weighted by Gasteiger charge is -2.39. The molecule has 0 radical (unpaired) electrons. The number of benzene rings is 2. The van der Waals surface area contributed by atoms with Gasteiger partial charge in [-0.2, -0.15) is 5.10 Å². The van der Waals surface area contributed by atoms with Gasteiger partial charge in [0.2, 0.25) is 8.32 Å². The first-order chi connectivity index (χ1) is 16.5. The third kappa shape index (κ3) is 5.74. The first kappa shape index (κ1) is 28.5. The summed E-state index contributed by atoms with van der Waals surface area (Å²) < 4.78 is 15.4. The fraction of sp³-hybridized carbons (Fsp3) is 0.464. The zero-order valence-corrected chi connectivity index (χ0v) is 26.1. The van der Waals surface area contributed by atoms with Crippen molar-refractivity contribution in [3.63, 3.8) is 0 Å². The normalized spacial score (nSPS) is 13.1. The van der Waals surface area contributed by atoms with Crippen LogP contribution < -0.4 is 8.85 Å². The zero-order valence-electron chi connectivity index (χ0n) is 23.4. The van der Waals surface area contributed by atoms with E-state index in [0.29, 0.717) is 10.8 Å². The molecule has 0 bridgehead atoms. The minimum absolute atomic E-state index is 0.00333. The van der Waals surface area contributed by atoms with Gasteiger partial charge in [0.05, 0.1) is 29.2 Å². The molecule has 3 aromatic rings. The van der Waals surface area contributed by atoms with Crippen molar-refractivity contribution in [2.24, 2.45) is 0 Å². The van der Waals surface area contributed by atoms with Crippen molar-refractivity contribution in [3.05, 3.63) is 59.2 Å². The number of hydrogen-bond acceptors (Lipinski definition) is 4. The highest BCUT2D eigenvalue weighted by molar-refractivity contribution is 6.75. The highest BCUT2D eigenvalue weighted by Crippen LogP contribution is 2.45. The maximum absolute atomic E-state index is 10.4. The summed E-state index contributed by atoms with van der Waals surface area (Å²) in [6.07, 6.45) is 1.76. The molecule has 0 saturated heterocycles. The van der Waals surface area contributed by atoms with Crippen LogP contribution in [-0.2, 0) is 6.61 Å². The Labute approximate surface area is 223 Å². The van der Waals surface area contributed by atoms with Gasteiger partial charge in [-0.05, 0) is 60.5 Å². The Morgan fingerprint density at radius 3 is 1.94 bits per heavy atom. The topological polar surface area (TPSA) is 56.5 Å². The van der Waals surface area contributed by atoms with Crippen molar-refractivity contribution >= 4 is 28.2 Å². The Bertz CT molecular complexity index is 1220. The van der Waals surface area contributed by atoms with E-state index in [1.807, 2.05) is 47.1 Å². The predicted octanol–water partition coefficient (Wildman–Crippen LogP) is 8.45. The number of halogens is 1. The van der Waals surface area contributed by atoms with E-state index in [1.54, 1.807) is 6.20 Å². The Balaban J connectivity index is 2.26. The molecular weight excluding hydrogens is 504 g/mol. The van der Waals surface area contributed by atoms with E-state index in [4.69, 9.17) is 20.5 Å². The second-order valence-electron chi connectivity index (χ2n) is 12.4. The van der Waals surface area contributed by atoms with E-state index in [-0.39, 0.29) is 16.7 Å². The number of aliphatic hydroxyl groups is 1. The molecule has 36 heavy (non-hydrogen) atoms. The summed E-state index contributed by atoms with van der Waals surface area (Å²) in [7, 11) is -4.36. The lowest BCUT2D eigenvalue weighted by atomic mass is 10.1. The summed E-state index contributed by atoms with van der Waals surface area (Å²) in [6, 6.07) is 13.5. The molecule has 0 atom stereocenters. The predicted molar refractivity (Wildman–Crippen MR) is 156 cm³/mol.